The largest absolute Gasteiger partial charge is 0.352 e. The van der Waals surface area contributed by atoms with Crippen LogP contribution in [0, 0.1) is 0 Å². The number of carbonyl (C=O) groups excluding carboxylic acids is 2. The van der Waals surface area contributed by atoms with E-state index in [-0.39, 0.29) is 11.8 Å². The van der Waals surface area contributed by atoms with E-state index in [2.05, 4.69) is 10.6 Å². The van der Waals surface area contributed by atoms with Gasteiger partial charge in [-0.05, 0) is 36.1 Å². The first-order chi connectivity index (χ1) is 10.1. The molecule has 0 aliphatic carbocycles. The van der Waals surface area contributed by atoms with Crippen molar-refractivity contribution in [1.29, 1.82) is 0 Å². The number of anilines is 1. The lowest BCUT2D eigenvalue weighted by Gasteiger charge is -2.06. The van der Waals surface area contributed by atoms with Gasteiger partial charge in [0.25, 0.3) is 5.91 Å². The summed E-state index contributed by atoms with van der Waals surface area (Å²) in [6.45, 7) is 0.470. The Morgan fingerprint density at radius 2 is 2.10 bits per heavy atom. The Balaban J connectivity index is 1.67. The summed E-state index contributed by atoms with van der Waals surface area (Å²) in [4.78, 5) is 23.4. The van der Waals surface area contributed by atoms with Crippen LogP contribution in [0.2, 0.25) is 5.02 Å². The number of hydrogen-bond acceptors (Lipinski definition) is 3. The van der Waals surface area contributed by atoms with Crippen molar-refractivity contribution in [2.75, 3.05) is 11.9 Å². The number of benzene rings is 1. The highest BCUT2D eigenvalue weighted by molar-refractivity contribution is 7.08. The smallest absolute Gasteiger partial charge is 0.252 e. The maximum absolute atomic E-state index is 11.7. The third kappa shape index (κ3) is 5.21. The van der Waals surface area contributed by atoms with Gasteiger partial charge >= 0.3 is 0 Å². The molecule has 0 radical (unpaired) electrons. The van der Waals surface area contributed by atoms with Crippen LogP contribution in [-0.2, 0) is 4.79 Å². The van der Waals surface area contributed by atoms with Crippen LogP contribution in [0.5, 0.6) is 0 Å². The molecule has 110 valence electrons. The minimum Gasteiger partial charge on any atom is -0.352 e. The topological polar surface area (TPSA) is 58.2 Å². The van der Waals surface area contributed by atoms with Crippen molar-refractivity contribution in [3.8, 4) is 0 Å². The van der Waals surface area contributed by atoms with Crippen LogP contribution >= 0.6 is 22.9 Å². The Hall–Kier alpha value is -1.85. The van der Waals surface area contributed by atoms with E-state index in [9.17, 15) is 9.59 Å². The van der Waals surface area contributed by atoms with E-state index in [1.165, 1.54) is 11.3 Å². The highest BCUT2D eigenvalue weighted by Crippen LogP contribution is 2.15. The minimum absolute atomic E-state index is 0.0953. The number of hydrogen-bond donors (Lipinski definition) is 2. The van der Waals surface area contributed by atoms with Gasteiger partial charge in [0.1, 0.15) is 0 Å². The van der Waals surface area contributed by atoms with Gasteiger partial charge in [0.05, 0.1) is 0 Å². The lowest BCUT2D eigenvalue weighted by molar-refractivity contribution is -0.116. The molecule has 1 aromatic heterocycles. The molecule has 2 amide bonds. The molecule has 0 fully saturated rings. The molecule has 6 heteroatoms. The second-order valence-electron chi connectivity index (χ2n) is 4.43. The standard InChI is InChI=1S/C15H15ClN2O2S/c16-12-3-1-4-13(9-12)18-14(19)5-2-7-17-15(20)11-6-8-21-10-11/h1,3-4,6,8-10H,2,5,7H2,(H,17,20)(H,18,19). The summed E-state index contributed by atoms with van der Waals surface area (Å²) >= 11 is 7.32. The number of amides is 2. The van der Waals surface area contributed by atoms with Crippen molar-refractivity contribution < 1.29 is 9.59 Å². The first-order valence-electron chi connectivity index (χ1n) is 6.51. The van der Waals surface area contributed by atoms with E-state index in [0.29, 0.717) is 35.7 Å². The fourth-order valence-electron chi connectivity index (χ4n) is 1.74. The molecular weight excluding hydrogens is 308 g/mol. The predicted octanol–water partition coefficient (Wildman–Crippen LogP) is 3.55. The summed E-state index contributed by atoms with van der Waals surface area (Å²) < 4.78 is 0. The van der Waals surface area contributed by atoms with Crippen LogP contribution in [0.15, 0.2) is 41.1 Å². The molecule has 21 heavy (non-hydrogen) atoms. The molecule has 1 aromatic carbocycles. The Morgan fingerprint density at radius 1 is 1.24 bits per heavy atom. The molecule has 2 N–H and O–H groups in total. The molecule has 0 bridgehead atoms. The second kappa shape index (κ2) is 7.81. The fraction of sp³-hybridized carbons (Fsp3) is 0.200. The van der Waals surface area contributed by atoms with Gasteiger partial charge in [-0.2, -0.15) is 11.3 Å². The molecule has 0 aliphatic heterocycles. The maximum Gasteiger partial charge on any atom is 0.252 e. The molecule has 0 atom stereocenters. The normalized spacial score (nSPS) is 10.1. The highest BCUT2D eigenvalue weighted by atomic mass is 35.5. The SMILES string of the molecule is O=C(CCCNC(=O)c1ccsc1)Nc1cccc(Cl)c1. The summed E-state index contributed by atoms with van der Waals surface area (Å²) in [5.41, 5.74) is 1.33. The summed E-state index contributed by atoms with van der Waals surface area (Å²) in [7, 11) is 0. The van der Waals surface area contributed by atoms with E-state index in [4.69, 9.17) is 11.6 Å². The van der Waals surface area contributed by atoms with Crippen LogP contribution in [-0.4, -0.2) is 18.4 Å². The van der Waals surface area contributed by atoms with E-state index in [0.717, 1.165) is 0 Å². The van der Waals surface area contributed by atoms with Crippen molar-refractivity contribution in [3.05, 3.63) is 51.7 Å². The van der Waals surface area contributed by atoms with Crippen molar-refractivity contribution in [2.24, 2.45) is 0 Å². The maximum atomic E-state index is 11.7. The summed E-state index contributed by atoms with van der Waals surface area (Å²) in [5, 5.41) is 9.77. The molecule has 0 saturated carbocycles. The second-order valence-corrected chi connectivity index (χ2v) is 5.65. The Labute approximate surface area is 132 Å². The zero-order valence-electron chi connectivity index (χ0n) is 11.3. The minimum atomic E-state index is -0.105. The van der Waals surface area contributed by atoms with E-state index >= 15 is 0 Å². The average Bonchev–Trinajstić information content (AvgIpc) is 2.97. The van der Waals surface area contributed by atoms with Crippen LogP contribution in [0.4, 0.5) is 5.69 Å². The monoisotopic (exact) mass is 322 g/mol. The van der Waals surface area contributed by atoms with Gasteiger partial charge < -0.3 is 10.6 Å². The molecular formula is C15H15ClN2O2S. The van der Waals surface area contributed by atoms with Gasteiger partial charge in [0.2, 0.25) is 5.91 Å². The molecule has 2 aromatic rings. The molecule has 0 saturated heterocycles. The van der Waals surface area contributed by atoms with Crippen molar-refractivity contribution in [2.45, 2.75) is 12.8 Å². The van der Waals surface area contributed by atoms with E-state index in [1.807, 2.05) is 5.38 Å². The number of halogens is 1. The first kappa shape index (κ1) is 15.5. The number of carbonyl (C=O) groups is 2. The molecule has 0 spiro atoms. The Bertz CT molecular complexity index is 614. The molecule has 0 unspecified atom stereocenters. The number of nitrogens with one attached hydrogen (secondary N) is 2. The van der Waals surface area contributed by atoms with Gasteiger partial charge in [-0.1, -0.05) is 17.7 Å². The highest BCUT2D eigenvalue weighted by Gasteiger charge is 2.06. The van der Waals surface area contributed by atoms with Crippen molar-refractivity contribution in [3.63, 3.8) is 0 Å². The molecule has 2 rings (SSSR count). The van der Waals surface area contributed by atoms with E-state index in [1.54, 1.807) is 35.7 Å². The van der Waals surface area contributed by atoms with Crippen LogP contribution in [0.3, 0.4) is 0 Å². The van der Waals surface area contributed by atoms with Gasteiger partial charge in [0.15, 0.2) is 0 Å². The zero-order valence-corrected chi connectivity index (χ0v) is 12.8. The molecule has 0 aliphatic rings. The van der Waals surface area contributed by atoms with E-state index < -0.39 is 0 Å². The lowest BCUT2D eigenvalue weighted by atomic mass is 10.2. The predicted molar refractivity (Wildman–Crippen MR) is 86.0 cm³/mol. The number of thiophene rings is 1. The summed E-state index contributed by atoms with van der Waals surface area (Å²) in [6.07, 6.45) is 0.929. The fourth-order valence-corrected chi connectivity index (χ4v) is 2.56. The Kier molecular flexibility index (Phi) is 5.78. The number of rotatable bonds is 6. The van der Waals surface area contributed by atoms with Gasteiger partial charge in [-0.15, -0.1) is 0 Å². The quantitative estimate of drug-likeness (QED) is 0.799. The van der Waals surface area contributed by atoms with Gasteiger partial charge in [0, 0.05) is 34.6 Å². The third-order valence-corrected chi connectivity index (χ3v) is 3.68. The average molecular weight is 323 g/mol. The van der Waals surface area contributed by atoms with Crippen molar-refractivity contribution in [1.82, 2.24) is 5.32 Å². The zero-order chi connectivity index (χ0) is 15.1. The van der Waals surface area contributed by atoms with Crippen LogP contribution in [0.25, 0.3) is 0 Å². The molecule has 4 nitrogen and oxygen atoms in total. The molecule has 1 heterocycles. The van der Waals surface area contributed by atoms with Crippen LogP contribution in [0.1, 0.15) is 23.2 Å². The Morgan fingerprint density at radius 3 is 2.81 bits per heavy atom. The third-order valence-electron chi connectivity index (χ3n) is 2.76. The first-order valence-corrected chi connectivity index (χ1v) is 7.83. The summed E-state index contributed by atoms with van der Waals surface area (Å²) in [6, 6.07) is 8.77. The lowest BCUT2D eigenvalue weighted by Crippen LogP contribution is -2.25. The van der Waals surface area contributed by atoms with Gasteiger partial charge in [-0.25, -0.2) is 0 Å². The van der Waals surface area contributed by atoms with Crippen molar-refractivity contribution >= 4 is 40.4 Å². The van der Waals surface area contributed by atoms with Crippen LogP contribution < -0.4 is 10.6 Å². The summed E-state index contributed by atoms with van der Waals surface area (Å²) in [5.74, 6) is -0.200. The van der Waals surface area contributed by atoms with Gasteiger partial charge in [-0.3, -0.25) is 9.59 Å².